The number of anilines is 1. The van der Waals surface area contributed by atoms with Gasteiger partial charge in [-0.05, 0) is 23.3 Å². The quantitative estimate of drug-likeness (QED) is 0.691. The number of hydrogen-bond acceptors (Lipinski definition) is 6. The fourth-order valence-electron chi connectivity index (χ4n) is 2.62. The van der Waals surface area contributed by atoms with Crippen LogP contribution in [0.3, 0.4) is 0 Å². The Morgan fingerprint density at radius 2 is 1.52 bits per heavy atom. The number of nitrogen functional groups attached to an aromatic ring is 1. The zero-order valence-corrected chi connectivity index (χ0v) is 15.0. The number of nitrogens with two attached hydrogens (primary N) is 1. The van der Waals surface area contributed by atoms with Crippen molar-refractivity contribution in [1.82, 2.24) is 4.98 Å². The van der Waals surface area contributed by atoms with Crippen molar-refractivity contribution in [2.24, 2.45) is 0 Å². The Morgan fingerprint density at radius 1 is 0.852 bits per heavy atom. The highest BCUT2D eigenvalue weighted by molar-refractivity contribution is 7.98. The maximum absolute atomic E-state index is 9.75. The lowest BCUT2D eigenvalue weighted by Gasteiger charge is -2.13. The van der Waals surface area contributed by atoms with Gasteiger partial charge in [-0.3, -0.25) is 0 Å². The second-order valence-corrected chi connectivity index (χ2v) is 6.58. The van der Waals surface area contributed by atoms with E-state index < -0.39 is 0 Å². The number of aromatic nitrogens is 1. The first-order valence-electron chi connectivity index (χ1n) is 7.99. The summed E-state index contributed by atoms with van der Waals surface area (Å²) in [6.07, 6.45) is 0. The molecule has 2 aromatic carbocycles. The van der Waals surface area contributed by atoms with Crippen LogP contribution in [0.4, 0.5) is 5.82 Å². The maximum atomic E-state index is 9.75. The van der Waals surface area contributed by atoms with Crippen molar-refractivity contribution in [2.75, 3.05) is 5.73 Å². The first kappa shape index (κ1) is 18.0. The summed E-state index contributed by atoms with van der Waals surface area (Å²) in [6, 6.07) is 22.8. The molecule has 0 fully saturated rings. The van der Waals surface area contributed by atoms with E-state index in [1.807, 2.05) is 42.5 Å². The number of hydrogen-bond donors (Lipinski definition) is 1. The van der Waals surface area contributed by atoms with Gasteiger partial charge in [0.2, 0.25) is 0 Å². The Labute approximate surface area is 161 Å². The van der Waals surface area contributed by atoms with E-state index in [1.54, 1.807) is 12.1 Å². The Morgan fingerprint density at radius 3 is 2.11 bits per heavy atom. The van der Waals surface area contributed by atoms with Gasteiger partial charge in [0.1, 0.15) is 28.5 Å². The average Bonchev–Trinajstić information content (AvgIpc) is 2.72. The van der Waals surface area contributed by atoms with Crippen LogP contribution in [-0.4, -0.2) is 4.98 Å². The number of rotatable bonds is 4. The predicted molar refractivity (Wildman–Crippen MR) is 104 cm³/mol. The summed E-state index contributed by atoms with van der Waals surface area (Å²) in [7, 11) is 0. The summed E-state index contributed by atoms with van der Waals surface area (Å²) in [5.74, 6) is 0.671. The minimum atomic E-state index is 0.109. The Bertz CT molecular complexity index is 1100. The molecule has 0 saturated carbocycles. The van der Waals surface area contributed by atoms with Crippen LogP contribution in [0.15, 0.2) is 59.6 Å². The molecular formula is C21H13N5S. The van der Waals surface area contributed by atoms with E-state index in [1.165, 1.54) is 11.8 Å². The number of benzene rings is 2. The summed E-state index contributed by atoms with van der Waals surface area (Å²) in [5, 5.41) is 28.6. The van der Waals surface area contributed by atoms with Gasteiger partial charge in [0, 0.05) is 11.3 Å². The average molecular weight is 367 g/mol. The lowest BCUT2D eigenvalue weighted by molar-refractivity contribution is 1.11. The van der Waals surface area contributed by atoms with Crippen LogP contribution in [0.1, 0.15) is 22.3 Å². The zero-order chi connectivity index (χ0) is 19.2. The first-order chi connectivity index (χ1) is 13.2. The molecule has 27 heavy (non-hydrogen) atoms. The number of pyridine rings is 1. The largest absolute Gasteiger partial charge is 0.383 e. The van der Waals surface area contributed by atoms with Gasteiger partial charge in [0.15, 0.2) is 0 Å². The van der Waals surface area contributed by atoms with Gasteiger partial charge in [-0.1, -0.05) is 42.5 Å². The van der Waals surface area contributed by atoms with E-state index in [2.05, 4.69) is 23.2 Å². The van der Waals surface area contributed by atoms with E-state index in [9.17, 15) is 10.5 Å². The third-order valence-corrected chi connectivity index (χ3v) is 4.98. The van der Waals surface area contributed by atoms with Crippen molar-refractivity contribution in [1.29, 1.82) is 15.8 Å². The van der Waals surface area contributed by atoms with Gasteiger partial charge in [-0.2, -0.15) is 15.8 Å². The summed E-state index contributed by atoms with van der Waals surface area (Å²) < 4.78 is 0. The molecule has 6 heteroatoms. The van der Waals surface area contributed by atoms with Crippen molar-refractivity contribution < 1.29 is 0 Å². The molecule has 0 amide bonds. The molecule has 128 valence electrons. The summed E-state index contributed by atoms with van der Waals surface area (Å²) in [6.45, 7) is 0. The van der Waals surface area contributed by atoms with Crippen molar-refractivity contribution in [3.63, 3.8) is 0 Å². The SMILES string of the molecule is N#Cc1ccc(CSc2nc(N)c(C#N)c(-c3ccccc3)c2C#N)cc1. The molecule has 0 atom stereocenters. The predicted octanol–water partition coefficient (Wildman–Crippen LogP) is 4.24. The van der Waals surface area contributed by atoms with E-state index >= 15 is 0 Å². The van der Waals surface area contributed by atoms with Gasteiger partial charge in [0.25, 0.3) is 0 Å². The topological polar surface area (TPSA) is 110 Å². The van der Waals surface area contributed by atoms with Crippen LogP contribution in [-0.2, 0) is 5.75 Å². The summed E-state index contributed by atoms with van der Waals surface area (Å²) >= 11 is 1.37. The minimum Gasteiger partial charge on any atom is -0.383 e. The molecule has 0 aliphatic rings. The molecule has 1 aromatic heterocycles. The molecule has 1 heterocycles. The molecule has 0 radical (unpaired) electrons. The van der Waals surface area contributed by atoms with Crippen LogP contribution < -0.4 is 5.73 Å². The highest BCUT2D eigenvalue weighted by Gasteiger charge is 2.20. The second-order valence-electron chi connectivity index (χ2n) is 5.61. The van der Waals surface area contributed by atoms with Crippen LogP contribution in [0.25, 0.3) is 11.1 Å². The van der Waals surface area contributed by atoms with E-state index in [4.69, 9.17) is 11.0 Å². The van der Waals surface area contributed by atoms with Gasteiger partial charge in [-0.25, -0.2) is 4.98 Å². The van der Waals surface area contributed by atoms with Gasteiger partial charge in [-0.15, -0.1) is 11.8 Å². The molecule has 3 rings (SSSR count). The van der Waals surface area contributed by atoms with Crippen LogP contribution >= 0.6 is 11.8 Å². The minimum absolute atomic E-state index is 0.109. The van der Waals surface area contributed by atoms with E-state index in [0.717, 1.165) is 11.1 Å². The molecule has 2 N–H and O–H groups in total. The standard InChI is InChI=1S/C21H13N5S/c22-10-14-6-8-15(9-7-14)13-27-21-18(12-24)19(16-4-2-1-3-5-16)17(11-23)20(25)26-21/h1-9H,13H2,(H2,25,26). The zero-order valence-electron chi connectivity index (χ0n) is 14.2. The first-order valence-corrected chi connectivity index (χ1v) is 8.97. The van der Waals surface area contributed by atoms with Crippen molar-refractivity contribution in [3.8, 4) is 29.3 Å². The van der Waals surface area contributed by atoms with Gasteiger partial charge in [0.05, 0.1) is 17.2 Å². The molecule has 0 spiro atoms. The third kappa shape index (κ3) is 3.75. The number of thioether (sulfide) groups is 1. The Balaban J connectivity index is 2.03. The van der Waals surface area contributed by atoms with Gasteiger partial charge >= 0.3 is 0 Å². The maximum Gasteiger partial charge on any atom is 0.143 e. The fraction of sp³-hybridized carbons (Fsp3) is 0.0476. The Kier molecular flexibility index (Phi) is 5.38. The number of nitriles is 3. The monoisotopic (exact) mass is 367 g/mol. The molecule has 3 aromatic rings. The lowest BCUT2D eigenvalue weighted by Crippen LogP contribution is -2.03. The van der Waals surface area contributed by atoms with Crippen LogP contribution in [0.5, 0.6) is 0 Å². The fourth-order valence-corrected chi connectivity index (χ4v) is 3.57. The molecule has 0 bridgehead atoms. The molecule has 0 unspecified atom stereocenters. The molecule has 5 nitrogen and oxygen atoms in total. The molecular weight excluding hydrogens is 354 g/mol. The van der Waals surface area contributed by atoms with Crippen molar-refractivity contribution >= 4 is 17.6 Å². The molecule has 0 saturated heterocycles. The molecule has 0 aliphatic carbocycles. The van der Waals surface area contributed by atoms with E-state index in [0.29, 0.717) is 27.5 Å². The second kappa shape index (κ2) is 8.06. The van der Waals surface area contributed by atoms with E-state index in [-0.39, 0.29) is 11.4 Å². The summed E-state index contributed by atoms with van der Waals surface area (Å²) in [5.41, 5.74) is 9.40. The van der Waals surface area contributed by atoms with Crippen LogP contribution in [0.2, 0.25) is 0 Å². The summed E-state index contributed by atoms with van der Waals surface area (Å²) in [4.78, 5) is 4.29. The Hall–Kier alpha value is -3.79. The molecule has 0 aliphatic heterocycles. The normalized spacial score (nSPS) is 9.81. The van der Waals surface area contributed by atoms with Crippen molar-refractivity contribution in [3.05, 3.63) is 76.9 Å². The number of nitrogens with zero attached hydrogens (tertiary/aromatic N) is 4. The van der Waals surface area contributed by atoms with Crippen molar-refractivity contribution in [2.45, 2.75) is 10.8 Å². The lowest BCUT2D eigenvalue weighted by atomic mass is 9.97. The highest BCUT2D eigenvalue weighted by atomic mass is 32.2. The highest BCUT2D eigenvalue weighted by Crippen LogP contribution is 2.36. The smallest absolute Gasteiger partial charge is 0.143 e. The van der Waals surface area contributed by atoms with Gasteiger partial charge < -0.3 is 5.73 Å². The third-order valence-electron chi connectivity index (χ3n) is 3.94. The van der Waals surface area contributed by atoms with Crippen LogP contribution in [0, 0.1) is 34.0 Å².